The first-order valence-corrected chi connectivity index (χ1v) is 7.31. The van der Waals surface area contributed by atoms with Gasteiger partial charge in [-0.1, -0.05) is 24.1 Å². The van der Waals surface area contributed by atoms with E-state index >= 15 is 0 Å². The highest BCUT2D eigenvalue weighted by molar-refractivity contribution is 6.31. The van der Waals surface area contributed by atoms with Crippen LogP contribution >= 0.6 is 11.6 Å². The summed E-state index contributed by atoms with van der Waals surface area (Å²) in [4.78, 5) is 13.7. The summed E-state index contributed by atoms with van der Waals surface area (Å²) >= 11 is 6.04. The van der Waals surface area contributed by atoms with Crippen molar-refractivity contribution >= 4 is 23.3 Å². The average molecular weight is 297 g/mol. The Morgan fingerprint density at radius 2 is 2.25 bits per heavy atom. The van der Waals surface area contributed by atoms with Crippen LogP contribution in [0.15, 0.2) is 18.2 Å². The van der Waals surface area contributed by atoms with E-state index in [1.54, 1.807) is 18.0 Å². The first kappa shape index (κ1) is 15.1. The quantitative estimate of drug-likeness (QED) is 0.899. The third kappa shape index (κ3) is 3.64. The molecule has 2 atom stereocenters. The standard InChI is InChI=1S/C15H21ClN2O2/c1-10-6-7-12(8-13(10)16)17-15(20)18(2)9-11-4-3-5-14(11)19/h6-8,11,14,19H,3-5,9H2,1-2H3,(H,17,20). The second kappa shape index (κ2) is 6.46. The zero-order valence-electron chi connectivity index (χ0n) is 11.9. The monoisotopic (exact) mass is 296 g/mol. The first-order chi connectivity index (χ1) is 9.47. The molecule has 2 unspecified atom stereocenters. The normalized spacial score (nSPS) is 21.8. The third-order valence-electron chi connectivity index (χ3n) is 3.90. The largest absolute Gasteiger partial charge is 0.393 e. The van der Waals surface area contributed by atoms with E-state index in [4.69, 9.17) is 11.6 Å². The Bertz CT molecular complexity index is 493. The number of benzene rings is 1. The average Bonchev–Trinajstić information content (AvgIpc) is 2.79. The molecule has 0 heterocycles. The van der Waals surface area contributed by atoms with E-state index in [1.165, 1.54) is 0 Å². The fourth-order valence-electron chi connectivity index (χ4n) is 2.55. The van der Waals surface area contributed by atoms with Gasteiger partial charge < -0.3 is 15.3 Å². The number of carbonyl (C=O) groups excluding carboxylic acids is 1. The number of rotatable bonds is 3. The molecular weight excluding hydrogens is 276 g/mol. The maximum atomic E-state index is 12.1. The maximum Gasteiger partial charge on any atom is 0.321 e. The van der Waals surface area contributed by atoms with Gasteiger partial charge in [-0.3, -0.25) is 0 Å². The number of aliphatic hydroxyl groups is 1. The molecule has 0 aromatic heterocycles. The molecule has 0 bridgehead atoms. The van der Waals surface area contributed by atoms with Crippen molar-refractivity contribution in [2.75, 3.05) is 18.9 Å². The Balaban J connectivity index is 1.91. The van der Waals surface area contributed by atoms with Crippen molar-refractivity contribution in [2.45, 2.75) is 32.3 Å². The van der Waals surface area contributed by atoms with Gasteiger partial charge in [0.2, 0.25) is 0 Å². The van der Waals surface area contributed by atoms with Gasteiger partial charge in [-0.2, -0.15) is 0 Å². The van der Waals surface area contributed by atoms with E-state index in [-0.39, 0.29) is 18.1 Å². The van der Waals surface area contributed by atoms with Gasteiger partial charge in [-0.05, 0) is 37.5 Å². The number of nitrogens with zero attached hydrogens (tertiary/aromatic N) is 1. The summed E-state index contributed by atoms with van der Waals surface area (Å²) < 4.78 is 0. The van der Waals surface area contributed by atoms with E-state index in [0.29, 0.717) is 17.3 Å². The van der Waals surface area contributed by atoms with E-state index < -0.39 is 0 Å². The van der Waals surface area contributed by atoms with Gasteiger partial charge in [0.15, 0.2) is 0 Å². The van der Waals surface area contributed by atoms with Crippen LogP contribution in [-0.2, 0) is 0 Å². The van der Waals surface area contributed by atoms with Crippen LogP contribution in [-0.4, -0.2) is 35.7 Å². The Morgan fingerprint density at radius 3 is 2.85 bits per heavy atom. The molecule has 2 rings (SSSR count). The van der Waals surface area contributed by atoms with Crippen molar-refractivity contribution in [3.63, 3.8) is 0 Å². The number of hydrogen-bond acceptors (Lipinski definition) is 2. The summed E-state index contributed by atoms with van der Waals surface area (Å²) in [5.41, 5.74) is 1.66. The summed E-state index contributed by atoms with van der Waals surface area (Å²) in [6.45, 7) is 2.49. The van der Waals surface area contributed by atoms with Crippen molar-refractivity contribution in [1.82, 2.24) is 4.90 Å². The Morgan fingerprint density at radius 1 is 1.50 bits per heavy atom. The molecule has 1 aliphatic carbocycles. The lowest BCUT2D eigenvalue weighted by molar-refractivity contribution is 0.116. The van der Waals surface area contributed by atoms with Crippen LogP contribution in [0.4, 0.5) is 10.5 Å². The van der Waals surface area contributed by atoms with Gasteiger partial charge >= 0.3 is 6.03 Å². The summed E-state index contributed by atoms with van der Waals surface area (Å²) in [7, 11) is 1.75. The molecule has 110 valence electrons. The minimum Gasteiger partial charge on any atom is -0.393 e. The highest BCUT2D eigenvalue weighted by atomic mass is 35.5. The molecule has 2 amide bonds. The Labute approximate surface area is 124 Å². The van der Waals surface area contributed by atoms with Gasteiger partial charge in [-0.25, -0.2) is 4.79 Å². The minimum atomic E-state index is -0.279. The number of halogens is 1. The highest BCUT2D eigenvalue weighted by Gasteiger charge is 2.27. The van der Waals surface area contributed by atoms with Gasteiger partial charge in [0.25, 0.3) is 0 Å². The van der Waals surface area contributed by atoms with Gasteiger partial charge in [0.05, 0.1) is 6.10 Å². The number of hydrogen-bond donors (Lipinski definition) is 2. The fraction of sp³-hybridized carbons (Fsp3) is 0.533. The molecule has 4 nitrogen and oxygen atoms in total. The number of carbonyl (C=O) groups is 1. The summed E-state index contributed by atoms with van der Waals surface area (Å²) in [5.74, 6) is 0.187. The van der Waals surface area contributed by atoms with Crippen LogP contribution in [0.1, 0.15) is 24.8 Å². The van der Waals surface area contributed by atoms with Crippen molar-refractivity contribution in [3.8, 4) is 0 Å². The van der Waals surface area contributed by atoms with Crippen LogP contribution in [0, 0.1) is 12.8 Å². The highest BCUT2D eigenvalue weighted by Crippen LogP contribution is 2.26. The predicted octanol–water partition coefficient (Wildman–Crippen LogP) is 3.27. The molecule has 1 fully saturated rings. The molecule has 0 saturated heterocycles. The molecule has 1 aromatic rings. The van der Waals surface area contributed by atoms with Crippen LogP contribution < -0.4 is 5.32 Å². The van der Waals surface area contributed by atoms with Crippen LogP contribution in [0.3, 0.4) is 0 Å². The topological polar surface area (TPSA) is 52.6 Å². The summed E-state index contributed by atoms with van der Waals surface area (Å²) in [5, 5.41) is 13.3. The van der Waals surface area contributed by atoms with E-state index in [1.807, 2.05) is 19.1 Å². The summed E-state index contributed by atoms with van der Waals surface area (Å²) in [6, 6.07) is 5.27. The molecule has 5 heteroatoms. The van der Waals surface area contributed by atoms with Gasteiger partial charge in [0, 0.05) is 30.2 Å². The Hall–Kier alpha value is -1.26. The van der Waals surface area contributed by atoms with E-state index in [9.17, 15) is 9.90 Å². The predicted molar refractivity (Wildman–Crippen MR) is 81.2 cm³/mol. The zero-order valence-corrected chi connectivity index (χ0v) is 12.7. The molecule has 0 spiro atoms. The SMILES string of the molecule is Cc1ccc(NC(=O)N(C)CC2CCCC2O)cc1Cl. The lowest BCUT2D eigenvalue weighted by atomic mass is 10.1. The van der Waals surface area contributed by atoms with Crippen molar-refractivity contribution in [1.29, 1.82) is 0 Å². The minimum absolute atomic E-state index is 0.177. The third-order valence-corrected chi connectivity index (χ3v) is 4.30. The summed E-state index contributed by atoms with van der Waals surface area (Å²) in [6.07, 6.45) is 2.58. The molecule has 1 aromatic carbocycles. The van der Waals surface area contributed by atoms with Crippen molar-refractivity contribution in [3.05, 3.63) is 28.8 Å². The molecular formula is C15H21ClN2O2. The number of urea groups is 1. The van der Waals surface area contributed by atoms with Gasteiger partial charge in [0.1, 0.15) is 0 Å². The molecule has 0 radical (unpaired) electrons. The number of nitrogens with one attached hydrogen (secondary N) is 1. The lowest BCUT2D eigenvalue weighted by Gasteiger charge is -2.23. The molecule has 0 aliphatic heterocycles. The van der Waals surface area contributed by atoms with E-state index in [0.717, 1.165) is 24.8 Å². The molecule has 2 N–H and O–H groups in total. The van der Waals surface area contributed by atoms with Crippen molar-refractivity contribution < 1.29 is 9.90 Å². The van der Waals surface area contributed by atoms with Crippen LogP contribution in [0.5, 0.6) is 0 Å². The second-order valence-electron chi connectivity index (χ2n) is 5.53. The number of aliphatic hydroxyl groups excluding tert-OH is 1. The first-order valence-electron chi connectivity index (χ1n) is 6.93. The molecule has 20 heavy (non-hydrogen) atoms. The second-order valence-corrected chi connectivity index (χ2v) is 5.94. The maximum absolute atomic E-state index is 12.1. The van der Waals surface area contributed by atoms with Crippen molar-refractivity contribution in [2.24, 2.45) is 5.92 Å². The molecule has 1 saturated carbocycles. The van der Waals surface area contributed by atoms with Gasteiger partial charge in [-0.15, -0.1) is 0 Å². The number of amides is 2. The fourth-order valence-corrected chi connectivity index (χ4v) is 2.73. The van der Waals surface area contributed by atoms with Crippen LogP contribution in [0.2, 0.25) is 5.02 Å². The van der Waals surface area contributed by atoms with E-state index in [2.05, 4.69) is 5.32 Å². The Kier molecular flexibility index (Phi) is 4.89. The number of anilines is 1. The number of aryl methyl sites for hydroxylation is 1. The smallest absolute Gasteiger partial charge is 0.321 e. The molecule has 1 aliphatic rings. The zero-order chi connectivity index (χ0) is 14.7. The lowest BCUT2D eigenvalue weighted by Crippen LogP contribution is -2.37. The van der Waals surface area contributed by atoms with Crippen LogP contribution in [0.25, 0.3) is 0 Å².